The smallest absolute Gasteiger partial charge is 0.329 e. The number of hydrogen-bond acceptors (Lipinski definition) is 7. The van der Waals surface area contributed by atoms with Crippen LogP contribution in [0.3, 0.4) is 0 Å². The van der Waals surface area contributed by atoms with E-state index < -0.39 is 10.5 Å². The molecule has 0 aliphatic rings. The highest BCUT2D eigenvalue weighted by atomic mass is 16.6. The third-order valence-electron chi connectivity index (χ3n) is 2.22. The third kappa shape index (κ3) is 3.52. The Kier molecular flexibility index (Phi) is 4.02. The van der Waals surface area contributed by atoms with Crippen LogP contribution in [0.4, 0.5) is 17.5 Å². The third-order valence-corrected chi connectivity index (χ3v) is 2.22. The zero-order valence-electron chi connectivity index (χ0n) is 10.6. The van der Waals surface area contributed by atoms with Gasteiger partial charge in [-0.25, -0.2) is 4.98 Å². The first-order chi connectivity index (χ1) is 8.24. The highest BCUT2D eigenvalue weighted by Crippen LogP contribution is 2.21. The SMILES string of the molecule is CCN(CC(C)(C)O)c1ncc([N+](=O)[O-])c(N)n1. The van der Waals surface area contributed by atoms with E-state index >= 15 is 0 Å². The fourth-order valence-electron chi connectivity index (χ4n) is 1.46. The van der Waals surface area contributed by atoms with Gasteiger partial charge in [0.1, 0.15) is 6.20 Å². The first kappa shape index (κ1) is 14.1. The second-order valence-electron chi connectivity index (χ2n) is 4.52. The normalized spacial score (nSPS) is 11.3. The van der Waals surface area contributed by atoms with Crippen LogP contribution in [0.5, 0.6) is 0 Å². The molecule has 0 saturated heterocycles. The lowest BCUT2D eigenvalue weighted by Gasteiger charge is -2.27. The molecule has 100 valence electrons. The summed E-state index contributed by atoms with van der Waals surface area (Å²) in [6, 6.07) is 0. The van der Waals surface area contributed by atoms with Gasteiger partial charge >= 0.3 is 5.69 Å². The van der Waals surface area contributed by atoms with Crippen LogP contribution in [-0.4, -0.2) is 38.7 Å². The van der Waals surface area contributed by atoms with Crippen molar-refractivity contribution < 1.29 is 10.0 Å². The van der Waals surface area contributed by atoms with Crippen molar-refractivity contribution in [1.82, 2.24) is 9.97 Å². The van der Waals surface area contributed by atoms with Crippen molar-refractivity contribution in [3.63, 3.8) is 0 Å². The summed E-state index contributed by atoms with van der Waals surface area (Å²) in [5, 5.41) is 20.3. The summed E-state index contributed by atoms with van der Waals surface area (Å²) in [6.45, 7) is 6.05. The largest absolute Gasteiger partial charge is 0.389 e. The van der Waals surface area contributed by atoms with Crippen molar-refractivity contribution in [3.8, 4) is 0 Å². The molecule has 0 bridgehead atoms. The molecule has 0 aliphatic heterocycles. The van der Waals surface area contributed by atoms with Crippen molar-refractivity contribution in [2.75, 3.05) is 23.7 Å². The Morgan fingerprint density at radius 1 is 1.61 bits per heavy atom. The predicted molar refractivity (Wildman–Crippen MR) is 67.3 cm³/mol. The van der Waals surface area contributed by atoms with Crippen molar-refractivity contribution in [1.29, 1.82) is 0 Å². The Labute approximate surface area is 105 Å². The maximum absolute atomic E-state index is 10.6. The van der Waals surface area contributed by atoms with Gasteiger partial charge < -0.3 is 15.7 Å². The van der Waals surface area contributed by atoms with Gasteiger partial charge in [0.2, 0.25) is 11.8 Å². The van der Waals surface area contributed by atoms with Crippen LogP contribution in [0.2, 0.25) is 0 Å². The van der Waals surface area contributed by atoms with Crippen LogP contribution >= 0.6 is 0 Å². The molecule has 0 fully saturated rings. The topological polar surface area (TPSA) is 118 Å². The van der Waals surface area contributed by atoms with Crippen LogP contribution in [0, 0.1) is 10.1 Å². The molecule has 8 nitrogen and oxygen atoms in total. The molecule has 0 aromatic carbocycles. The summed E-state index contributed by atoms with van der Waals surface area (Å²) >= 11 is 0. The monoisotopic (exact) mass is 255 g/mol. The van der Waals surface area contributed by atoms with E-state index in [1.807, 2.05) is 6.92 Å². The molecule has 3 N–H and O–H groups in total. The lowest BCUT2D eigenvalue weighted by molar-refractivity contribution is -0.384. The molecular formula is C10H17N5O3. The Balaban J connectivity index is 3.01. The van der Waals surface area contributed by atoms with Gasteiger partial charge in [-0.3, -0.25) is 10.1 Å². The molecular weight excluding hydrogens is 238 g/mol. The minimum Gasteiger partial charge on any atom is -0.389 e. The summed E-state index contributed by atoms with van der Waals surface area (Å²) < 4.78 is 0. The number of nitrogen functional groups attached to an aromatic ring is 1. The minimum absolute atomic E-state index is 0.181. The molecule has 0 spiro atoms. The van der Waals surface area contributed by atoms with Crippen LogP contribution in [0.15, 0.2) is 6.20 Å². The Bertz CT molecular complexity index is 444. The molecule has 18 heavy (non-hydrogen) atoms. The zero-order valence-corrected chi connectivity index (χ0v) is 10.6. The fraction of sp³-hybridized carbons (Fsp3) is 0.600. The van der Waals surface area contributed by atoms with Crippen molar-refractivity contribution >= 4 is 17.5 Å². The number of rotatable bonds is 5. The number of anilines is 2. The zero-order chi connectivity index (χ0) is 13.9. The number of nitrogens with two attached hydrogens (primary N) is 1. The number of likely N-dealkylation sites (N-methyl/N-ethyl adjacent to an activating group) is 1. The van der Waals surface area contributed by atoms with Crippen molar-refractivity contribution in [2.45, 2.75) is 26.4 Å². The number of nitrogens with zero attached hydrogens (tertiary/aromatic N) is 4. The molecule has 0 aliphatic carbocycles. The summed E-state index contributed by atoms with van der Waals surface area (Å²) in [4.78, 5) is 19.4. The number of nitro groups is 1. The molecule has 0 unspecified atom stereocenters. The van der Waals surface area contributed by atoms with E-state index in [-0.39, 0.29) is 17.5 Å². The Morgan fingerprint density at radius 3 is 2.61 bits per heavy atom. The van der Waals surface area contributed by atoms with Gasteiger partial charge in [-0.1, -0.05) is 0 Å². The van der Waals surface area contributed by atoms with E-state index in [0.29, 0.717) is 13.1 Å². The minimum atomic E-state index is -0.921. The van der Waals surface area contributed by atoms with Crippen LogP contribution in [0.1, 0.15) is 20.8 Å². The van der Waals surface area contributed by atoms with Crippen LogP contribution in [-0.2, 0) is 0 Å². The number of aromatic nitrogens is 2. The van der Waals surface area contributed by atoms with Crippen molar-refractivity contribution in [2.24, 2.45) is 0 Å². The maximum atomic E-state index is 10.6. The van der Waals surface area contributed by atoms with E-state index in [2.05, 4.69) is 9.97 Å². The first-order valence-corrected chi connectivity index (χ1v) is 5.49. The molecule has 1 rings (SSSR count). The summed E-state index contributed by atoms with van der Waals surface area (Å²) in [5.74, 6) is 0.0851. The average Bonchev–Trinajstić information content (AvgIpc) is 2.24. The predicted octanol–water partition coefficient (Wildman–Crippen LogP) is 0.564. The van der Waals surface area contributed by atoms with Gasteiger partial charge in [-0.05, 0) is 20.8 Å². The highest BCUT2D eigenvalue weighted by molar-refractivity contribution is 5.53. The van der Waals surface area contributed by atoms with E-state index in [1.165, 1.54) is 0 Å². The van der Waals surface area contributed by atoms with Gasteiger partial charge in [0, 0.05) is 13.1 Å². The summed E-state index contributed by atoms with van der Waals surface area (Å²) in [5.41, 5.74) is 4.25. The maximum Gasteiger partial charge on any atom is 0.329 e. The van der Waals surface area contributed by atoms with Gasteiger partial charge in [-0.15, -0.1) is 0 Å². The van der Waals surface area contributed by atoms with Gasteiger partial charge in [0.25, 0.3) is 0 Å². The highest BCUT2D eigenvalue weighted by Gasteiger charge is 2.21. The van der Waals surface area contributed by atoms with E-state index in [9.17, 15) is 15.2 Å². The number of hydrogen-bond donors (Lipinski definition) is 2. The van der Waals surface area contributed by atoms with E-state index in [0.717, 1.165) is 6.20 Å². The molecule has 0 atom stereocenters. The molecule has 1 heterocycles. The Morgan fingerprint density at radius 2 is 2.22 bits per heavy atom. The van der Waals surface area contributed by atoms with E-state index in [4.69, 9.17) is 5.73 Å². The first-order valence-electron chi connectivity index (χ1n) is 5.49. The standard InChI is InChI=1S/C10H17N5O3/c1-4-14(6-10(2,3)16)9-12-5-7(15(17)18)8(11)13-9/h5,16H,4,6H2,1-3H3,(H2,11,12,13). The molecule has 8 heteroatoms. The lowest BCUT2D eigenvalue weighted by Crippen LogP contribution is -2.39. The molecule has 0 amide bonds. The molecule has 1 aromatic rings. The average molecular weight is 255 g/mol. The van der Waals surface area contributed by atoms with Gasteiger partial charge in [-0.2, -0.15) is 4.98 Å². The lowest BCUT2D eigenvalue weighted by atomic mass is 10.1. The van der Waals surface area contributed by atoms with Crippen molar-refractivity contribution in [3.05, 3.63) is 16.3 Å². The van der Waals surface area contributed by atoms with Gasteiger partial charge in [0.15, 0.2) is 0 Å². The Hall–Kier alpha value is -1.96. The molecule has 0 saturated carbocycles. The quantitative estimate of drug-likeness (QED) is 0.583. The second kappa shape index (κ2) is 5.13. The summed E-state index contributed by atoms with van der Waals surface area (Å²) in [6.07, 6.45) is 1.07. The molecule has 1 aromatic heterocycles. The summed E-state index contributed by atoms with van der Waals surface area (Å²) in [7, 11) is 0. The van der Waals surface area contributed by atoms with Crippen LogP contribution < -0.4 is 10.6 Å². The second-order valence-corrected chi connectivity index (χ2v) is 4.52. The fourth-order valence-corrected chi connectivity index (χ4v) is 1.46. The number of aliphatic hydroxyl groups is 1. The molecule has 0 radical (unpaired) electrons. The van der Waals surface area contributed by atoms with Gasteiger partial charge in [0.05, 0.1) is 10.5 Å². The van der Waals surface area contributed by atoms with Crippen LogP contribution in [0.25, 0.3) is 0 Å². The van der Waals surface area contributed by atoms with E-state index in [1.54, 1.807) is 18.7 Å².